The number of nitrogens with one attached hydrogen (secondary N) is 1. The van der Waals surface area contributed by atoms with Crippen molar-refractivity contribution >= 4 is 28.1 Å². The van der Waals surface area contributed by atoms with E-state index in [-0.39, 0.29) is 17.6 Å². The molecule has 0 unspecified atom stereocenters. The molecule has 120 valence electrons. The van der Waals surface area contributed by atoms with Crippen molar-refractivity contribution < 1.29 is 13.7 Å². The molecule has 0 fully saturated rings. The second-order valence-corrected chi connectivity index (χ2v) is 6.03. The lowest BCUT2D eigenvalue weighted by atomic mass is 10.2. The molecule has 0 atom stereocenters. The third-order valence-corrected chi connectivity index (χ3v) is 4.29. The Morgan fingerprint density at radius 2 is 2.12 bits per heavy atom. The minimum Gasteiger partial charge on any atom is -0.338 e. The summed E-state index contributed by atoms with van der Waals surface area (Å²) in [7, 11) is 0. The largest absolute Gasteiger partial charge is 0.338 e. The number of hydrogen-bond donors (Lipinski definition) is 1. The summed E-state index contributed by atoms with van der Waals surface area (Å²) in [5, 5.41) is 8.10. The van der Waals surface area contributed by atoms with Crippen molar-refractivity contribution in [3.05, 3.63) is 59.1 Å². The molecule has 1 N–H and O–H groups in total. The Hall–Kier alpha value is -3.00. The number of nitrogens with zero attached hydrogens (tertiary/aromatic N) is 3. The van der Waals surface area contributed by atoms with Crippen molar-refractivity contribution in [3.63, 3.8) is 0 Å². The van der Waals surface area contributed by atoms with Gasteiger partial charge in [-0.15, -0.1) is 11.3 Å². The summed E-state index contributed by atoms with van der Waals surface area (Å²) in [6.45, 7) is 1.77. The average Bonchev–Trinajstić information content (AvgIpc) is 3.23. The molecule has 0 aliphatic carbocycles. The molecular weight excluding hydrogens is 331 g/mol. The van der Waals surface area contributed by atoms with Crippen LogP contribution >= 0.6 is 11.3 Å². The molecule has 0 aliphatic rings. The fourth-order valence-electron chi connectivity index (χ4n) is 2.31. The molecule has 3 heterocycles. The number of fused-ring (bicyclic) bond motifs is 1. The second-order valence-electron chi connectivity index (χ2n) is 5.19. The van der Waals surface area contributed by atoms with E-state index in [0.29, 0.717) is 22.0 Å². The number of carbonyl (C=O) groups excluding carboxylic acids is 1. The van der Waals surface area contributed by atoms with E-state index in [4.69, 9.17) is 4.52 Å². The Balaban J connectivity index is 1.66. The van der Waals surface area contributed by atoms with Gasteiger partial charge in [0.15, 0.2) is 4.96 Å². The normalized spacial score (nSPS) is 11.1. The molecule has 8 heteroatoms. The fraction of sp³-hybridized carbons (Fsp3) is 0.0625. The molecule has 6 nitrogen and oxygen atoms in total. The van der Waals surface area contributed by atoms with Gasteiger partial charge in [-0.3, -0.25) is 14.5 Å². The number of aromatic nitrogens is 3. The molecule has 1 amide bonds. The van der Waals surface area contributed by atoms with Crippen LogP contribution in [0.1, 0.15) is 16.2 Å². The minimum atomic E-state index is -0.319. The fourth-order valence-corrected chi connectivity index (χ4v) is 3.16. The Morgan fingerprint density at radius 3 is 2.83 bits per heavy atom. The number of hydrogen-bond acceptors (Lipinski definition) is 5. The predicted octanol–water partition coefficient (Wildman–Crippen LogP) is 3.75. The second kappa shape index (κ2) is 5.57. The van der Waals surface area contributed by atoms with Crippen molar-refractivity contribution in [1.82, 2.24) is 14.5 Å². The summed E-state index contributed by atoms with van der Waals surface area (Å²) in [5.41, 5.74) is 2.57. The zero-order valence-electron chi connectivity index (χ0n) is 12.5. The molecule has 0 saturated carbocycles. The van der Waals surface area contributed by atoms with E-state index in [0.717, 1.165) is 5.56 Å². The molecule has 1 aromatic carbocycles. The van der Waals surface area contributed by atoms with Gasteiger partial charge in [0.1, 0.15) is 11.5 Å². The smallest absolute Gasteiger partial charge is 0.275 e. The lowest BCUT2D eigenvalue weighted by Crippen LogP contribution is -2.13. The van der Waals surface area contributed by atoms with Crippen molar-refractivity contribution in [2.45, 2.75) is 6.92 Å². The molecule has 4 rings (SSSR count). The maximum Gasteiger partial charge on any atom is 0.275 e. The van der Waals surface area contributed by atoms with E-state index < -0.39 is 0 Å². The van der Waals surface area contributed by atoms with E-state index in [9.17, 15) is 9.18 Å². The van der Waals surface area contributed by atoms with E-state index in [1.54, 1.807) is 41.1 Å². The van der Waals surface area contributed by atoms with Crippen LogP contribution in [0.15, 0.2) is 46.4 Å². The first kappa shape index (κ1) is 14.6. The lowest BCUT2D eigenvalue weighted by Gasteiger charge is -1.99. The molecule has 3 aromatic heterocycles. The number of halogens is 1. The first-order valence-corrected chi connectivity index (χ1v) is 7.95. The van der Waals surface area contributed by atoms with Crippen LogP contribution in [0.25, 0.3) is 16.2 Å². The van der Waals surface area contributed by atoms with Crippen molar-refractivity contribution in [1.29, 1.82) is 0 Å². The quantitative estimate of drug-likeness (QED) is 0.615. The highest BCUT2D eigenvalue weighted by atomic mass is 32.1. The highest BCUT2D eigenvalue weighted by molar-refractivity contribution is 7.15. The van der Waals surface area contributed by atoms with Crippen molar-refractivity contribution in [2.75, 3.05) is 5.32 Å². The monoisotopic (exact) mass is 342 g/mol. The molecule has 0 saturated heterocycles. The van der Waals surface area contributed by atoms with Crippen molar-refractivity contribution in [3.8, 4) is 11.3 Å². The summed E-state index contributed by atoms with van der Waals surface area (Å²) in [5.74, 6) is -0.335. The SMILES string of the molecule is Cc1cc(NC(=O)c2csc3nc(-c4ccc(F)cc4)cn23)on1. The van der Waals surface area contributed by atoms with Crippen molar-refractivity contribution in [2.24, 2.45) is 0 Å². The third kappa shape index (κ3) is 2.56. The number of aryl methyl sites for hydroxylation is 1. The summed E-state index contributed by atoms with van der Waals surface area (Å²) < 4.78 is 19.7. The molecule has 0 radical (unpaired) electrons. The van der Waals surface area contributed by atoms with Gasteiger partial charge in [-0.1, -0.05) is 5.16 Å². The number of benzene rings is 1. The summed E-state index contributed by atoms with van der Waals surface area (Å²) in [6.07, 6.45) is 1.75. The Morgan fingerprint density at radius 1 is 1.33 bits per heavy atom. The maximum atomic E-state index is 13.0. The summed E-state index contributed by atoms with van der Waals surface area (Å²) in [4.78, 5) is 17.5. The van der Waals surface area contributed by atoms with Gasteiger partial charge in [0.2, 0.25) is 5.88 Å². The zero-order valence-corrected chi connectivity index (χ0v) is 13.3. The molecule has 0 aliphatic heterocycles. The molecule has 0 spiro atoms. The number of thiazole rings is 1. The Bertz CT molecular complexity index is 1030. The van der Waals surface area contributed by atoms with Crippen LogP contribution in [-0.4, -0.2) is 20.4 Å². The Labute approximate surface area is 139 Å². The van der Waals surface area contributed by atoms with E-state index in [1.807, 2.05) is 0 Å². The summed E-state index contributed by atoms with van der Waals surface area (Å²) in [6, 6.07) is 7.70. The molecule has 24 heavy (non-hydrogen) atoms. The minimum absolute atomic E-state index is 0.288. The van der Waals surface area contributed by atoms with E-state index in [2.05, 4.69) is 15.5 Å². The van der Waals surface area contributed by atoms with E-state index >= 15 is 0 Å². The topological polar surface area (TPSA) is 72.4 Å². The van der Waals surface area contributed by atoms with Gasteiger partial charge in [0.25, 0.3) is 5.91 Å². The molecule has 4 aromatic rings. The number of amides is 1. The zero-order chi connectivity index (χ0) is 16.7. The first-order chi connectivity index (χ1) is 11.6. The number of carbonyl (C=O) groups is 1. The lowest BCUT2D eigenvalue weighted by molar-refractivity contribution is 0.101. The third-order valence-electron chi connectivity index (χ3n) is 3.45. The highest BCUT2D eigenvalue weighted by Crippen LogP contribution is 2.24. The van der Waals surface area contributed by atoms with Crippen LogP contribution < -0.4 is 5.32 Å². The maximum absolute atomic E-state index is 13.0. The van der Waals surface area contributed by atoms with Gasteiger partial charge in [0, 0.05) is 23.2 Å². The van der Waals surface area contributed by atoms with Gasteiger partial charge in [-0.2, -0.15) is 0 Å². The number of imidazole rings is 1. The molecule has 0 bridgehead atoms. The summed E-state index contributed by atoms with van der Waals surface area (Å²) >= 11 is 1.35. The van der Waals surface area contributed by atoms with Crippen LogP contribution in [0.4, 0.5) is 10.3 Å². The van der Waals surface area contributed by atoms with Gasteiger partial charge in [-0.25, -0.2) is 9.37 Å². The van der Waals surface area contributed by atoms with Gasteiger partial charge in [-0.05, 0) is 31.2 Å². The van der Waals surface area contributed by atoms with Crippen LogP contribution in [-0.2, 0) is 0 Å². The first-order valence-electron chi connectivity index (χ1n) is 7.07. The van der Waals surface area contributed by atoms with Crippen LogP contribution in [0.2, 0.25) is 0 Å². The number of anilines is 1. The predicted molar refractivity (Wildman–Crippen MR) is 87.7 cm³/mol. The standard InChI is InChI=1S/C16H11FN4O2S/c1-9-6-14(23-20-9)19-15(22)13-8-24-16-18-12(7-21(13)16)10-2-4-11(17)5-3-10/h2-8H,1H3,(H,19,22). The molecular formula is C16H11FN4O2S. The Kier molecular flexibility index (Phi) is 3.39. The van der Waals surface area contributed by atoms with E-state index in [1.165, 1.54) is 23.5 Å². The average molecular weight is 342 g/mol. The van der Waals surface area contributed by atoms with Crippen LogP contribution in [0, 0.1) is 12.7 Å². The number of rotatable bonds is 3. The highest BCUT2D eigenvalue weighted by Gasteiger charge is 2.16. The van der Waals surface area contributed by atoms with Gasteiger partial charge in [0.05, 0.1) is 11.4 Å². The van der Waals surface area contributed by atoms with Gasteiger partial charge >= 0.3 is 0 Å². The van der Waals surface area contributed by atoms with Gasteiger partial charge < -0.3 is 4.52 Å². The van der Waals surface area contributed by atoms with Crippen LogP contribution in [0.5, 0.6) is 0 Å². The van der Waals surface area contributed by atoms with Crippen LogP contribution in [0.3, 0.4) is 0 Å².